The summed E-state index contributed by atoms with van der Waals surface area (Å²) < 4.78 is 11.6. The quantitative estimate of drug-likeness (QED) is 0.550. The highest BCUT2D eigenvalue weighted by Crippen LogP contribution is 1.89. The number of nitrogens with zero attached hydrogens (tertiary/aromatic N) is 1. The van der Waals surface area contributed by atoms with Crippen molar-refractivity contribution in [3.05, 3.63) is 0 Å². The first-order valence-corrected chi connectivity index (χ1v) is 3.55. The first-order chi connectivity index (χ1) is 4.31. The summed E-state index contributed by atoms with van der Waals surface area (Å²) in [7, 11) is 2.03. The molecule has 2 heteroatoms. The Morgan fingerprint density at radius 3 is 2.44 bits per heavy atom. The second-order valence-corrected chi connectivity index (χ2v) is 2.35. The molecule has 0 aromatic heterocycles. The maximum Gasteiger partial charge on any atom is 0.0906 e. The molecule has 0 aliphatic carbocycles. The van der Waals surface area contributed by atoms with E-state index in [4.69, 9.17) is 0 Å². The molecule has 1 nitrogen and oxygen atoms in total. The summed E-state index contributed by atoms with van der Waals surface area (Å²) in [6.07, 6.45) is 1.83. The Labute approximate surface area is 56.9 Å². The number of rotatable bonds is 5. The van der Waals surface area contributed by atoms with Crippen molar-refractivity contribution in [1.82, 2.24) is 4.90 Å². The van der Waals surface area contributed by atoms with Gasteiger partial charge in [0.05, 0.1) is 6.67 Å². The maximum absolute atomic E-state index is 11.6. The van der Waals surface area contributed by atoms with Crippen molar-refractivity contribution in [1.29, 1.82) is 0 Å². The van der Waals surface area contributed by atoms with Crippen molar-refractivity contribution in [3.63, 3.8) is 0 Å². The molecule has 0 aromatic carbocycles. The zero-order chi connectivity index (χ0) is 7.11. The van der Waals surface area contributed by atoms with E-state index in [0.717, 1.165) is 19.5 Å². The van der Waals surface area contributed by atoms with E-state index < -0.39 is 0 Å². The smallest absolute Gasteiger partial charge is 0.0906 e. The molecule has 0 aromatic rings. The van der Waals surface area contributed by atoms with Crippen molar-refractivity contribution in [2.45, 2.75) is 19.8 Å². The fourth-order valence-electron chi connectivity index (χ4n) is 0.823. The normalized spacial score (nSPS) is 10.7. The highest BCUT2D eigenvalue weighted by molar-refractivity contribution is 4.48. The summed E-state index contributed by atoms with van der Waals surface area (Å²) >= 11 is 0. The van der Waals surface area contributed by atoms with Crippen LogP contribution in [0.4, 0.5) is 4.39 Å². The molecular weight excluding hydrogens is 116 g/mol. The van der Waals surface area contributed by atoms with Crippen molar-refractivity contribution >= 4 is 0 Å². The second-order valence-electron chi connectivity index (χ2n) is 2.35. The van der Waals surface area contributed by atoms with Crippen LogP contribution in [-0.4, -0.2) is 31.7 Å². The highest BCUT2D eigenvalue weighted by Gasteiger charge is 1.93. The van der Waals surface area contributed by atoms with Crippen molar-refractivity contribution in [3.8, 4) is 0 Å². The van der Waals surface area contributed by atoms with Gasteiger partial charge in [-0.2, -0.15) is 0 Å². The monoisotopic (exact) mass is 132 g/mol. The van der Waals surface area contributed by atoms with Gasteiger partial charge in [0.25, 0.3) is 0 Å². The van der Waals surface area contributed by atoms with Gasteiger partial charge in [-0.15, -0.1) is 0 Å². The van der Waals surface area contributed by atoms with Crippen LogP contribution in [-0.2, 0) is 0 Å². The van der Waals surface area contributed by atoms with Crippen LogP contribution in [0.3, 0.4) is 0 Å². The van der Waals surface area contributed by atoms with Gasteiger partial charge < -0.3 is 4.90 Å². The Morgan fingerprint density at radius 2 is 2.00 bits per heavy atom. The van der Waals surface area contributed by atoms with Gasteiger partial charge in [0.15, 0.2) is 0 Å². The highest BCUT2D eigenvalue weighted by atomic mass is 18.2. The van der Waals surface area contributed by atoms with Gasteiger partial charge in [-0.25, -0.2) is 0 Å². The van der Waals surface area contributed by atoms with E-state index in [1.807, 2.05) is 7.05 Å². The van der Waals surface area contributed by atoms with Crippen LogP contribution in [0.15, 0.2) is 0 Å². The number of halogens is 1. The summed E-state index contributed by atoms with van der Waals surface area (Å²) in [6, 6.07) is 0. The standard InChI is InChI=1S/C7H16FN/c1-3-6-9(2)7-4-5-8/h3-7H2,1-2H3/i8-1. The van der Waals surface area contributed by atoms with Crippen LogP contribution >= 0.6 is 0 Å². The third kappa shape index (κ3) is 5.77. The average molecular weight is 132 g/mol. The molecule has 0 rings (SSSR count). The zero-order valence-corrected chi connectivity index (χ0v) is 6.36. The predicted molar refractivity (Wildman–Crippen MR) is 38.4 cm³/mol. The summed E-state index contributed by atoms with van der Waals surface area (Å²) in [4.78, 5) is 2.15. The van der Waals surface area contributed by atoms with Crippen LogP contribution in [0.5, 0.6) is 0 Å². The molecule has 9 heavy (non-hydrogen) atoms. The molecule has 0 spiro atoms. The molecular formula is C7H16FN. The molecule has 0 bridgehead atoms. The average Bonchev–Trinajstić information content (AvgIpc) is 1.85. The SMILES string of the molecule is CCCN(C)CCC[18F]. The van der Waals surface area contributed by atoms with Crippen molar-refractivity contribution in [2.75, 3.05) is 26.8 Å². The van der Waals surface area contributed by atoms with Crippen molar-refractivity contribution in [2.24, 2.45) is 0 Å². The fourth-order valence-corrected chi connectivity index (χ4v) is 0.823. The fraction of sp³-hybridized carbons (Fsp3) is 1.00. The largest absolute Gasteiger partial charge is 0.306 e. The predicted octanol–water partition coefficient (Wildman–Crippen LogP) is 1.69. The molecule has 0 N–H and O–H groups in total. The van der Waals surface area contributed by atoms with Crippen molar-refractivity contribution < 1.29 is 4.39 Å². The molecule has 0 saturated carbocycles. The van der Waals surface area contributed by atoms with Gasteiger partial charge >= 0.3 is 0 Å². The second kappa shape index (κ2) is 6.02. The minimum atomic E-state index is -0.186. The van der Waals surface area contributed by atoms with E-state index in [1.54, 1.807) is 0 Å². The lowest BCUT2D eigenvalue weighted by molar-refractivity contribution is 0.310. The third-order valence-corrected chi connectivity index (χ3v) is 1.28. The van der Waals surface area contributed by atoms with Crippen LogP contribution in [0.1, 0.15) is 19.8 Å². The van der Waals surface area contributed by atoms with Crippen LogP contribution in [0.25, 0.3) is 0 Å². The summed E-state index contributed by atoms with van der Waals surface area (Å²) in [5.74, 6) is 0. The van der Waals surface area contributed by atoms with Gasteiger partial charge in [0.2, 0.25) is 0 Å². The Morgan fingerprint density at radius 1 is 1.33 bits per heavy atom. The first kappa shape index (κ1) is 8.89. The lowest BCUT2D eigenvalue weighted by Gasteiger charge is -2.13. The van der Waals surface area contributed by atoms with Gasteiger partial charge in [0, 0.05) is 6.54 Å². The van der Waals surface area contributed by atoms with E-state index in [1.165, 1.54) is 0 Å². The van der Waals surface area contributed by atoms with Gasteiger partial charge in [-0.1, -0.05) is 6.92 Å². The minimum absolute atomic E-state index is 0.186. The summed E-state index contributed by atoms with van der Waals surface area (Å²) in [5.41, 5.74) is 0. The first-order valence-electron chi connectivity index (χ1n) is 3.55. The van der Waals surface area contributed by atoms with Crippen LogP contribution in [0, 0.1) is 0 Å². The molecule has 0 atom stereocenters. The molecule has 0 saturated heterocycles. The molecule has 0 aliphatic heterocycles. The Hall–Kier alpha value is -0.110. The molecule has 0 heterocycles. The van der Waals surface area contributed by atoms with Gasteiger partial charge in [0.1, 0.15) is 0 Å². The number of hydrogen-bond acceptors (Lipinski definition) is 1. The molecule has 0 radical (unpaired) electrons. The molecule has 0 amide bonds. The van der Waals surface area contributed by atoms with E-state index in [-0.39, 0.29) is 6.67 Å². The Kier molecular flexibility index (Phi) is 5.94. The van der Waals surface area contributed by atoms with E-state index in [9.17, 15) is 4.39 Å². The Bertz CT molecular complexity index is 56.9. The van der Waals surface area contributed by atoms with E-state index >= 15 is 0 Å². The molecule has 56 valence electrons. The maximum atomic E-state index is 11.6. The zero-order valence-electron chi connectivity index (χ0n) is 6.36. The number of hydrogen-bond donors (Lipinski definition) is 0. The van der Waals surface area contributed by atoms with E-state index in [0.29, 0.717) is 6.42 Å². The lowest BCUT2D eigenvalue weighted by atomic mass is 10.4. The van der Waals surface area contributed by atoms with Gasteiger partial charge in [-0.05, 0) is 26.4 Å². The lowest BCUT2D eigenvalue weighted by Crippen LogP contribution is -2.20. The van der Waals surface area contributed by atoms with E-state index in [2.05, 4.69) is 11.8 Å². The summed E-state index contributed by atoms with van der Waals surface area (Å²) in [5, 5.41) is 0. The Balaban J connectivity index is 2.95. The minimum Gasteiger partial charge on any atom is -0.306 e. The van der Waals surface area contributed by atoms with Crippen LogP contribution < -0.4 is 0 Å². The van der Waals surface area contributed by atoms with Crippen LogP contribution in [0.2, 0.25) is 0 Å². The topological polar surface area (TPSA) is 3.24 Å². The third-order valence-electron chi connectivity index (χ3n) is 1.28. The molecule has 0 fully saturated rings. The van der Waals surface area contributed by atoms with Gasteiger partial charge in [-0.3, -0.25) is 4.39 Å². The molecule has 0 unspecified atom stereocenters. The number of alkyl halides is 1. The summed E-state index contributed by atoms with van der Waals surface area (Å²) in [6.45, 7) is 3.92. The molecule has 0 aliphatic rings.